The molecule has 5 rings (SSSR count). The smallest absolute Gasteiger partial charge is 0.462 e. The Morgan fingerprint density at radius 2 is 0.911 bits per heavy atom. The molecule has 1 heterocycles. The van der Waals surface area contributed by atoms with Crippen molar-refractivity contribution >= 4 is 42.0 Å². The van der Waals surface area contributed by atoms with Crippen LogP contribution < -0.4 is 15.9 Å². The van der Waals surface area contributed by atoms with Crippen molar-refractivity contribution in [3.8, 4) is 0 Å². The van der Waals surface area contributed by atoms with Crippen LogP contribution in [0.3, 0.4) is 0 Å². The number of hydrogen-bond acceptors (Lipinski definition) is 13. The summed E-state index contributed by atoms with van der Waals surface area (Å²) in [4.78, 5) is 56.8. The SMILES string of the molecule is CCCCCCCCCCCCCC(=O)O[C@H](CCCCCCCCCCC)CC(=O)O[C@H]1[C@H](OP(=O)(c2ccccc2)c2ccccc2)[C@@H](COC(=O)OCc2ccccc2)OC(O)[C@@H]1NC(=O)C[C@H](CCCCCCCCCCC)OCc1ccccc1. The van der Waals surface area contributed by atoms with E-state index in [1.807, 2.05) is 48.5 Å². The van der Waals surface area contributed by atoms with Crippen molar-refractivity contribution in [3.63, 3.8) is 0 Å². The van der Waals surface area contributed by atoms with Crippen LogP contribution in [0, 0.1) is 0 Å². The minimum absolute atomic E-state index is 0.0986. The Kier molecular flexibility index (Phi) is 39.1. The van der Waals surface area contributed by atoms with E-state index in [1.54, 1.807) is 72.8 Å². The Labute approximate surface area is 540 Å². The van der Waals surface area contributed by atoms with Gasteiger partial charge in [0.05, 0.1) is 25.6 Å². The van der Waals surface area contributed by atoms with Crippen molar-refractivity contribution in [1.82, 2.24) is 5.32 Å². The molecule has 1 fully saturated rings. The predicted octanol–water partition coefficient (Wildman–Crippen LogP) is 17.6. The molecule has 0 spiro atoms. The van der Waals surface area contributed by atoms with E-state index in [0.717, 1.165) is 76.2 Å². The lowest BCUT2D eigenvalue weighted by molar-refractivity contribution is -0.254. The van der Waals surface area contributed by atoms with Crippen molar-refractivity contribution in [2.75, 3.05) is 6.61 Å². The predicted molar refractivity (Wildman–Crippen MR) is 359 cm³/mol. The number of nitrogens with one attached hydrogen (secondary N) is 1. The van der Waals surface area contributed by atoms with Gasteiger partial charge in [-0.1, -0.05) is 291 Å². The molecule has 1 unspecified atom stereocenters. The zero-order valence-corrected chi connectivity index (χ0v) is 55.9. The lowest BCUT2D eigenvalue weighted by Gasteiger charge is -2.45. The highest BCUT2D eigenvalue weighted by atomic mass is 31.2. The van der Waals surface area contributed by atoms with Crippen LogP contribution in [0.2, 0.25) is 0 Å². The third kappa shape index (κ3) is 30.8. The number of unbranched alkanes of at least 4 members (excludes halogenated alkanes) is 26. The molecule has 0 radical (unpaired) electrons. The Hall–Kier alpha value is -5.37. The van der Waals surface area contributed by atoms with E-state index in [2.05, 4.69) is 26.1 Å². The first-order chi connectivity index (χ1) is 44.0. The van der Waals surface area contributed by atoms with Crippen LogP contribution in [0.1, 0.15) is 250 Å². The maximum absolute atomic E-state index is 16.0. The molecule has 1 amide bonds. The quantitative estimate of drug-likeness (QED) is 0.0185. The van der Waals surface area contributed by atoms with Crippen molar-refractivity contribution in [3.05, 3.63) is 132 Å². The monoisotopic (exact) mass is 1270 g/mol. The van der Waals surface area contributed by atoms with E-state index in [4.69, 9.17) is 32.9 Å². The highest BCUT2D eigenvalue weighted by Crippen LogP contribution is 2.48. The summed E-state index contributed by atoms with van der Waals surface area (Å²) in [6.45, 7) is 6.23. The molecule has 4 aromatic rings. The van der Waals surface area contributed by atoms with Gasteiger partial charge in [-0.15, -0.1) is 0 Å². The van der Waals surface area contributed by atoms with Gasteiger partial charge in [-0.3, -0.25) is 18.9 Å². The largest absolute Gasteiger partial charge is 0.508 e. The molecule has 4 aromatic carbocycles. The van der Waals surface area contributed by atoms with Crippen LogP contribution in [0.15, 0.2) is 121 Å². The highest BCUT2D eigenvalue weighted by molar-refractivity contribution is 7.74. The molecule has 0 aromatic heterocycles. The van der Waals surface area contributed by atoms with Crippen LogP contribution in [-0.4, -0.2) is 78.6 Å². The van der Waals surface area contributed by atoms with Crippen LogP contribution in [0.4, 0.5) is 4.79 Å². The molecule has 0 saturated carbocycles. The van der Waals surface area contributed by atoms with Gasteiger partial charge in [0.15, 0.2) is 12.4 Å². The standard InChI is InChI=1S/C75H112NO13P/c1-4-7-10-13-16-19-20-23-26-29-44-55-69(78)86-64(50-39-28-25-22-18-15-12-9-6-3)57-70(79)88-73-71(76-68(77)56-63(83-58-61-45-34-30-35-46-61)49-38-27-24-21-17-14-11-8-5-2)74(80)87-67(60-85-75(81)84-59-62-47-36-31-37-48-62)72(73)89-90(82,65-51-40-32-41-52-65)66-53-42-33-43-54-66/h30-37,40-43,45-48,51-54,63-64,67,71-74,80H,4-29,38-39,44,49-50,55-60H2,1-3H3,(H,76,77)/t63-,64+,67+,71+,72+,73+,74?/m0/s1. The number of carbonyl (C=O) groups excluding carboxylic acids is 4. The summed E-state index contributed by atoms with van der Waals surface area (Å²) in [5.41, 5.74) is 1.67. The van der Waals surface area contributed by atoms with Gasteiger partial charge in [-0.25, -0.2) is 4.79 Å². The number of amides is 1. The molecule has 90 heavy (non-hydrogen) atoms. The molecule has 0 aliphatic carbocycles. The van der Waals surface area contributed by atoms with E-state index in [1.165, 1.54) is 103 Å². The normalized spacial score (nSPS) is 17.3. The summed E-state index contributed by atoms with van der Waals surface area (Å²) in [5.74, 6) is -1.72. The summed E-state index contributed by atoms with van der Waals surface area (Å²) in [6.07, 6.45) is 24.2. The fraction of sp³-hybridized carbons (Fsp3) is 0.627. The number of aliphatic hydroxyl groups is 1. The van der Waals surface area contributed by atoms with E-state index in [0.29, 0.717) is 41.9 Å². The first-order valence-corrected chi connectivity index (χ1v) is 36.6. The van der Waals surface area contributed by atoms with Crippen molar-refractivity contribution in [2.24, 2.45) is 0 Å². The average molecular weight is 1270 g/mol. The third-order valence-electron chi connectivity index (χ3n) is 17.0. The topological polar surface area (TPSA) is 182 Å². The number of carbonyl (C=O) groups is 4. The zero-order chi connectivity index (χ0) is 64.1. The van der Waals surface area contributed by atoms with Gasteiger partial charge in [0.1, 0.15) is 37.6 Å². The summed E-state index contributed by atoms with van der Waals surface area (Å²) in [6, 6.07) is 34.5. The Bertz CT molecular complexity index is 2500. The Morgan fingerprint density at radius 1 is 0.489 bits per heavy atom. The second-order valence-electron chi connectivity index (χ2n) is 24.7. The first kappa shape index (κ1) is 75.4. The molecular formula is C75H112NO13P. The maximum Gasteiger partial charge on any atom is 0.508 e. The van der Waals surface area contributed by atoms with E-state index >= 15 is 4.57 Å². The summed E-state index contributed by atoms with van der Waals surface area (Å²) < 4.78 is 59.7. The fourth-order valence-corrected chi connectivity index (χ4v) is 14.0. The number of esters is 2. The second kappa shape index (κ2) is 46.7. The summed E-state index contributed by atoms with van der Waals surface area (Å²) in [7, 11) is -4.21. The minimum Gasteiger partial charge on any atom is -0.462 e. The molecule has 1 aliphatic rings. The fourth-order valence-electron chi connectivity index (χ4n) is 11.7. The van der Waals surface area contributed by atoms with Crippen molar-refractivity contribution < 1.29 is 61.8 Å². The molecule has 14 nitrogen and oxygen atoms in total. The van der Waals surface area contributed by atoms with Gasteiger partial charge in [-0.05, 0) is 61.1 Å². The molecule has 1 saturated heterocycles. The number of rotatable bonds is 50. The van der Waals surface area contributed by atoms with Crippen LogP contribution in [0.5, 0.6) is 0 Å². The minimum atomic E-state index is -4.21. The van der Waals surface area contributed by atoms with Crippen LogP contribution in [0.25, 0.3) is 0 Å². The molecule has 7 atom stereocenters. The molecular weight excluding hydrogens is 1150 g/mol. The first-order valence-electron chi connectivity index (χ1n) is 34.9. The van der Waals surface area contributed by atoms with Gasteiger partial charge < -0.3 is 43.4 Å². The molecule has 15 heteroatoms. The van der Waals surface area contributed by atoms with Crippen LogP contribution in [-0.2, 0) is 65.1 Å². The van der Waals surface area contributed by atoms with Gasteiger partial charge in [0, 0.05) is 17.0 Å². The van der Waals surface area contributed by atoms with Gasteiger partial charge >= 0.3 is 18.1 Å². The van der Waals surface area contributed by atoms with Gasteiger partial charge in [-0.2, -0.15) is 0 Å². The molecule has 1 aliphatic heterocycles. The maximum atomic E-state index is 16.0. The third-order valence-corrected chi connectivity index (χ3v) is 19.5. The number of ether oxygens (including phenoxy) is 6. The van der Waals surface area contributed by atoms with Crippen LogP contribution >= 0.6 is 7.37 Å². The Balaban J connectivity index is 1.44. The van der Waals surface area contributed by atoms with E-state index < -0.39 is 74.9 Å². The highest BCUT2D eigenvalue weighted by Gasteiger charge is 2.53. The second-order valence-corrected chi connectivity index (χ2v) is 27.0. The average Bonchev–Trinajstić information content (AvgIpc) is 0.853. The van der Waals surface area contributed by atoms with Crippen molar-refractivity contribution in [1.29, 1.82) is 0 Å². The molecule has 500 valence electrons. The van der Waals surface area contributed by atoms with Crippen molar-refractivity contribution in [2.45, 2.75) is 295 Å². The lowest BCUT2D eigenvalue weighted by atomic mass is 9.96. The molecule has 2 N–H and O–H groups in total. The number of hydrogen-bond donors (Lipinski definition) is 2. The lowest BCUT2D eigenvalue weighted by Crippen LogP contribution is -2.66. The van der Waals surface area contributed by atoms with E-state index in [-0.39, 0.29) is 38.4 Å². The zero-order valence-electron chi connectivity index (χ0n) is 55.0. The number of aliphatic hydroxyl groups excluding tert-OH is 1. The van der Waals surface area contributed by atoms with Gasteiger partial charge in [0.2, 0.25) is 5.91 Å². The van der Waals surface area contributed by atoms with E-state index in [9.17, 15) is 24.3 Å². The summed E-state index contributed by atoms with van der Waals surface area (Å²) >= 11 is 0. The Morgan fingerprint density at radius 3 is 1.39 bits per heavy atom. The summed E-state index contributed by atoms with van der Waals surface area (Å²) in [5, 5.41) is 15.8. The van der Waals surface area contributed by atoms with Gasteiger partial charge in [0.25, 0.3) is 7.37 Å². The number of benzene rings is 4. The molecule has 0 bridgehead atoms.